The van der Waals surface area contributed by atoms with Crippen LogP contribution < -0.4 is 0 Å². The van der Waals surface area contributed by atoms with Gasteiger partial charge in [-0.15, -0.1) is 0 Å². The first-order valence-electron chi connectivity index (χ1n) is 7.57. The van der Waals surface area contributed by atoms with E-state index >= 15 is 0 Å². The van der Waals surface area contributed by atoms with Gasteiger partial charge in [-0.3, -0.25) is 0 Å². The normalized spacial score (nSPS) is 12.7. The van der Waals surface area contributed by atoms with Gasteiger partial charge in [-0.2, -0.15) is 0 Å². The van der Waals surface area contributed by atoms with Crippen LogP contribution in [0.1, 0.15) is 79.6 Å². The van der Waals surface area contributed by atoms with E-state index in [9.17, 15) is 0 Å². The smallest absolute Gasteiger partial charge is 0.0136 e. The van der Waals surface area contributed by atoms with E-state index in [-0.39, 0.29) is 0 Å². The molecule has 0 atom stereocenters. The molecule has 0 aliphatic rings. The summed E-state index contributed by atoms with van der Waals surface area (Å²) in [5.74, 6) is 0. The molecule has 0 radical (unpaired) electrons. The van der Waals surface area contributed by atoms with Crippen LogP contribution in [0, 0.1) is 0 Å². The van der Waals surface area contributed by atoms with E-state index in [2.05, 4.69) is 52.8 Å². The number of hydrogen-bond acceptors (Lipinski definition) is 0. The summed E-state index contributed by atoms with van der Waals surface area (Å²) in [6.07, 6.45) is 15.8. The molecule has 0 aromatic heterocycles. The zero-order valence-corrected chi connectivity index (χ0v) is 13.2. The molecule has 0 nitrogen and oxygen atoms in total. The van der Waals surface area contributed by atoms with Crippen molar-refractivity contribution in [3.05, 3.63) is 34.9 Å². The number of hydrogen-bond donors (Lipinski definition) is 0. The van der Waals surface area contributed by atoms with Gasteiger partial charge in [-0.1, -0.05) is 61.6 Å². The minimum Gasteiger partial charge on any atom is -0.0856 e. The maximum atomic E-state index is 2.45. The van der Waals surface area contributed by atoms with Gasteiger partial charge < -0.3 is 0 Å². The Kier molecular flexibility index (Phi) is 10.8. The quantitative estimate of drug-likeness (QED) is 0.403. The summed E-state index contributed by atoms with van der Waals surface area (Å²) in [7, 11) is 0. The van der Waals surface area contributed by atoms with Gasteiger partial charge >= 0.3 is 0 Å². The van der Waals surface area contributed by atoms with Crippen molar-refractivity contribution in [3.63, 3.8) is 0 Å². The Balaban J connectivity index is 4.17. The number of unbranched alkanes of at least 4 members (excludes halogenated alkanes) is 1. The second-order valence-corrected chi connectivity index (χ2v) is 5.48. The molecule has 18 heavy (non-hydrogen) atoms. The van der Waals surface area contributed by atoms with Gasteiger partial charge in [0.05, 0.1) is 0 Å². The Labute approximate surface area is 115 Å². The van der Waals surface area contributed by atoms with Crippen LogP contribution in [0.25, 0.3) is 0 Å². The molecule has 0 saturated heterocycles. The first-order chi connectivity index (χ1) is 8.60. The predicted octanol–water partition coefficient (Wildman–Crippen LogP) is 6.60. The molecule has 0 saturated carbocycles. The summed E-state index contributed by atoms with van der Waals surface area (Å²) in [4.78, 5) is 0. The minimum atomic E-state index is 1.16. The highest BCUT2D eigenvalue weighted by Crippen LogP contribution is 2.15. The van der Waals surface area contributed by atoms with Crippen LogP contribution in [0.2, 0.25) is 0 Å². The minimum absolute atomic E-state index is 1.16. The summed E-state index contributed by atoms with van der Waals surface area (Å²) in [5, 5.41) is 0. The van der Waals surface area contributed by atoms with E-state index in [0.717, 1.165) is 6.42 Å². The fourth-order valence-electron chi connectivity index (χ4n) is 1.95. The molecule has 0 amide bonds. The third-order valence-electron chi connectivity index (χ3n) is 3.10. The molecular weight excluding hydrogens is 216 g/mol. The molecule has 0 aromatic carbocycles. The molecular formula is C18H32. The van der Waals surface area contributed by atoms with E-state index in [1.807, 2.05) is 0 Å². The standard InChI is InChI=1S/C18H32/c1-6-8-13-18(10-7-2)15-14-17(5)12-9-11-16(3)4/h11,13-14H,6-10,12,15H2,1-5H3. The summed E-state index contributed by atoms with van der Waals surface area (Å²) in [5.41, 5.74) is 4.59. The lowest BCUT2D eigenvalue weighted by Gasteiger charge is -2.05. The molecule has 104 valence electrons. The SMILES string of the molecule is CCCC=C(CC=C(C)CCC=C(C)C)CCC. The summed E-state index contributed by atoms with van der Waals surface area (Å²) in [6, 6.07) is 0. The topological polar surface area (TPSA) is 0 Å². The highest BCUT2D eigenvalue weighted by Gasteiger charge is 1.95. The molecule has 0 spiro atoms. The highest BCUT2D eigenvalue weighted by molar-refractivity contribution is 5.11. The van der Waals surface area contributed by atoms with Gasteiger partial charge in [0, 0.05) is 0 Å². The maximum Gasteiger partial charge on any atom is -0.0136 e. The second kappa shape index (κ2) is 11.3. The van der Waals surface area contributed by atoms with Crippen molar-refractivity contribution in [2.24, 2.45) is 0 Å². The number of allylic oxidation sites excluding steroid dienone is 6. The van der Waals surface area contributed by atoms with Crippen LogP contribution in [-0.4, -0.2) is 0 Å². The molecule has 0 N–H and O–H groups in total. The lowest BCUT2D eigenvalue weighted by Crippen LogP contribution is -1.84. The van der Waals surface area contributed by atoms with Crippen LogP contribution in [0.3, 0.4) is 0 Å². The van der Waals surface area contributed by atoms with Gasteiger partial charge in [0.25, 0.3) is 0 Å². The Morgan fingerprint density at radius 3 is 2.06 bits per heavy atom. The van der Waals surface area contributed by atoms with Crippen LogP contribution in [-0.2, 0) is 0 Å². The molecule has 0 aliphatic carbocycles. The average molecular weight is 248 g/mol. The van der Waals surface area contributed by atoms with Crippen molar-refractivity contribution >= 4 is 0 Å². The largest absolute Gasteiger partial charge is 0.0856 e. The Hall–Kier alpha value is -0.780. The molecule has 0 bridgehead atoms. The van der Waals surface area contributed by atoms with Gasteiger partial charge in [0.15, 0.2) is 0 Å². The van der Waals surface area contributed by atoms with Crippen LogP contribution in [0.15, 0.2) is 34.9 Å². The fourth-order valence-corrected chi connectivity index (χ4v) is 1.95. The Bertz CT molecular complexity index is 285. The van der Waals surface area contributed by atoms with E-state index < -0.39 is 0 Å². The summed E-state index contributed by atoms with van der Waals surface area (Å²) >= 11 is 0. The second-order valence-electron chi connectivity index (χ2n) is 5.48. The van der Waals surface area contributed by atoms with Crippen LogP contribution >= 0.6 is 0 Å². The van der Waals surface area contributed by atoms with Crippen molar-refractivity contribution < 1.29 is 0 Å². The molecule has 0 rings (SSSR count). The predicted molar refractivity (Wildman–Crippen MR) is 84.9 cm³/mol. The molecule has 0 aliphatic heterocycles. The molecule has 0 fully saturated rings. The van der Waals surface area contributed by atoms with Crippen LogP contribution in [0.5, 0.6) is 0 Å². The average Bonchev–Trinajstić information content (AvgIpc) is 2.32. The van der Waals surface area contributed by atoms with E-state index in [0.29, 0.717) is 0 Å². The first kappa shape index (κ1) is 17.2. The van der Waals surface area contributed by atoms with Crippen molar-refractivity contribution in [1.29, 1.82) is 0 Å². The third-order valence-corrected chi connectivity index (χ3v) is 3.10. The van der Waals surface area contributed by atoms with Crippen molar-refractivity contribution in [2.45, 2.75) is 79.6 Å². The number of rotatable bonds is 9. The fraction of sp³-hybridized carbons (Fsp3) is 0.667. The first-order valence-corrected chi connectivity index (χ1v) is 7.57. The van der Waals surface area contributed by atoms with Crippen molar-refractivity contribution in [3.8, 4) is 0 Å². The Morgan fingerprint density at radius 1 is 0.778 bits per heavy atom. The lowest BCUT2D eigenvalue weighted by molar-refractivity contribution is 0.848. The molecule has 0 unspecified atom stereocenters. The lowest BCUT2D eigenvalue weighted by atomic mass is 10.0. The third kappa shape index (κ3) is 10.4. The zero-order chi connectivity index (χ0) is 13.8. The van der Waals surface area contributed by atoms with E-state index in [4.69, 9.17) is 0 Å². The van der Waals surface area contributed by atoms with Gasteiger partial charge in [0.2, 0.25) is 0 Å². The van der Waals surface area contributed by atoms with E-state index in [1.54, 1.807) is 5.57 Å². The van der Waals surface area contributed by atoms with Gasteiger partial charge in [0.1, 0.15) is 0 Å². The monoisotopic (exact) mass is 248 g/mol. The van der Waals surface area contributed by atoms with Crippen molar-refractivity contribution in [1.82, 2.24) is 0 Å². The summed E-state index contributed by atoms with van der Waals surface area (Å²) < 4.78 is 0. The zero-order valence-electron chi connectivity index (χ0n) is 13.2. The summed E-state index contributed by atoms with van der Waals surface area (Å²) in [6.45, 7) is 11.1. The van der Waals surface area contributed by atoms with Crippen LogP contribution in [0.4, 0.5) is 0 Å². The molecule has 0 aromatic rings. The van der Waals surface area contributed by atoms with E-state index in [1.165, 1.54) is 49.7 Å². The molecule has 0 heterocycles. The highest BCUT2D eigenvalue weighted by atomic mass is 14.0. The van der Waals surface area contributed by atoms with Crippen molar-refractivity contribution in [2.75, 3.05) is 0 Å². The van der Waals surface area contributed by atoms with Gasteiger partial charge in [-0.25, -0.2) is 0 Å². The molecule has 0 heteroatoms. The van der Waals surface area contributed by atoms with Gasteiger partial charge in [-0.05, 0) is 52.9 Å². The Morgan fingerprint density at radius 2 is 1.50 bits per heavy atom. The maximum absolute atomic E-state index is 2.45.